The molecule has 0 radical (unpaired) electrons. The lowest BCUT2D eigenvalue weighted by atomic mass is 10.1. The molecule has 1 saturated heterocycles. The molecule has 1 aliphatic rings. The number of carbonyl (C=O) groups excluding carboxylic acids is 1. The number of carbonyl (C=O) groups is 1. The fourth-order valence-corrected chi connectivity index (χ4v) is 2.80. The van der Waals surface area contributed by atoms with Crippen LogP contribution in [0.2, 0.25) is 0 Å². The van der Waals surface area contributed by atoms with Crippen LogP contribution in [0.15, 0.2) is 18.5 Å². The summed E-state index contributed by atoms with van der Waals surface area (Å²) in [4.78, 5) is 30.6. The van der Waals surface area contributed by atoms with Crippen LogP contribution < -0.4 is 4.90 Å². The van der Waals surface area contributed by atoms with Gasteiger partial charge in [-0.1, -0.05) is 0 Å². The number of piperazine rings is 1. The third-order valence-electron chi connectivity index (χ3n) is 3.90. The molecule has 8 nitrogen and oxygen atoms in total. The van der Waals surface area contributed by atoms with Gasteiger partial charge in [0.15, 0.2) is 0 Å². The second-order valence-electron chi connectivity index (χ2n) is 7.10. The molecule has 2 atom stereocenters. The van der Waals surface area contributed by atoms with Crippen molar-refractivity contribution in [2.75, 3.05) is 18.0 Å². The van der Waals surface area contributed by atoms with Crippen molar-refractivity contribution in [1.29, 1.82) is 0 Å². The largest absolute Gasteiger partial charge is 0.444 e. The van der Waals surface area contributed by atoms with Gasteiger partial charge in [-0.25, -0.2) is 4.79 Å². The topological polar surface area (TPSA) is 88.8 Å². The van der Waals surface area contributed by atoms with E-state index in [1.807, 2.05) is 39.5 Å². The number of aromatic nitrogens is 1. The Balaban J connectivity index is 2.20. The van der Waals surface area contributed by atoms with Gasteiger partial charge in [-0.15, -0.1) is 0 Å². The highest BCUT2D eigenvalue weighted by atomic mass is 16.6. The molecule has 0 aromatic carbocycles. The fourth-order valence-electron chi connectivity index (χ4n) is 2.80. The number of hydrogen-bond donors (Lipinski definition) is 0. The van der Waals surface area contributed by atoms with Crippen molar-refractivity contribution in [3.8, 4) is 0 Å². The van der Waals surface area contributed by atoms with Gasteiger partial charge < -0.3 is 14.5 Å². The van der Waals surface area contributed by atoms with Crippen LogP contribution in [0.25, 0.3) is 0 Å². The molecule has 8 heteroatoms. The Morgan fingerprint density at radius 3 is 2.58 bits per heavy atom. The number of hydrogen-bond acceptors (Lipinski definition) is 6. The number of ether oxygens (including phenoxy) is 1. The molecule has 1 amide bonds. The van der Waals surface area contributed by atoms with Crippen molar-refractivity contribution >= 4 is 17.5 Å². The molecule has 0 bridgehead atoms. The molecule has 2 rings (SSSR count). The molecule has 2 unspecified atom stereocenters. The molecule has 0 saturated carbocycles. The van der Waals surface area contributed by atoms with E-state index < -0.39 is 10.5 Å². The number of nitrogens with zero attached hydrogens (tertiary/aromatic N) is 4. The van der Waals surface area contributed by atoms with Gasteiger partial charge in [-0.3, -0.25) is 15.1 Å². The Bertz CT molecular complexity index is 629. The molecular weight excluding hydrogens is 312 g/mol. The minimum Gasteiger partial charge on any atom is -0.444 e. The summed E-state index contributed by atoms with van der Waals surface area (Å²) in [5.74, 6) is 0. The van der Waals surface area contributed by atoms with Crippen molar-refractivity contribution in [2.45, 2.75) is 52.3 Å². The quantitative estimate of drug-likeness (QED) is 0.609. The Hall–Kier alpha value is -2.38. The van der Waals surface area contributed by atoms with Crippen LogP contribution in [0, 0.1) is 10.1 Å². The zero-order chi connectivity index (χ0) is 18.1. The number of amides is 1. The molecular formula is C16H24N4O4. The highest BCUT2D eigenvalue weighted by molar-refractivity contribution is 5.70. The predicted octanol–water partition coefficient (Wildman–Crippen LogP) is 2.82. The zero-order valence-electron chi connectivity index (χ0n) is 14.7. The molecule has 1 aromatic heterocycles. The summed E-state index contributed by atoms with van der Waals surface area (Å²) >= 11 is 0. The maximum atomic E-state index is 12.4. The van der Waals surface area contributed by atoms with Crippen LogP contribution in [0.3, 0.4) is 0 Å². The first-order valence-corrected chi connectivity index (χ1v) is 7.95. The summed E-state index contributed by atoms with van der Waals surface area (Å²) in [5.41, 5.74) is -0.0541. The van der Waals surface area contributed by atoms with Gasteiger partial charge in [-0.05, 0) is 40.7 Å². The van der Waals surface area contributed by atoms with Gasteiger partial charge in [0, 0.05) is 31.4 Å². The molecule has 132 valence electrons. The highest BCUT2D eigenvalue weighted by Crippen LogP contribution is 2.31. The lowest BCUT2D eigenvalue weighted by Gasteiger charge is -2.44. The lowest BCUT2D eigenvalue weighted by Crippen LogP contribution is -2.59. The maximum absolute atomic E-state index is 12.4. The van der Waals surface area contributed by atoms with Gasteiger partial charge in [0.1, 0.15) is 17.5 Å². The molecule has 1 aromatic rings. The maximum Gasteiger partial charge on any atom is 0.410 e. The van der Waals surface area contributed by atoms with E-state index in [-0.39, 0.29) is 23.9 Å². The SMILES string of the molecule is CC1CN(c2ccncc2[N+](=O)[O-])C(C)CN1C(=O)OC(C)(C)C. The summed E-state index contributed by atoms with van der Waals surface area (Å²) in [6.07, 6.45) is 2.44. The average Bonchev–Trinajstić information content (AvgIpc) is 2.47. The van der Waals surface area contributed by atoms with Crippen molar-refractivity contribution < 1.29 is 14.5 Å². The first-order valence-electron chi connectivity index (χ1n) is 7.95. The number of anilines is 1. The summed E-state index contributed by atoms with van der Waals surface area (Å²) in [6, 6.07) is 1.45. The van der Waals surface area contributed by atoms with Gasteiger partial charge in [0.2, 0.25) is 0 Å². The number of pyridine rings is 1. The van der Waals surface area contributed by atoms with E-state index in [1.165, 1.54) is 6.20 Å². The minimum absolute atomic E-state index is 0.0257. The van der Waals surface area contributed by atoms with E-state index in [0.29, 0.717) is 18.8 Å². The van der Waals surface area contributed by atoms with Gasteiger partial charge in [-0.2, -0.15) is 0 Å². The Morgan fingerprint density at radius 1 is 1.33 bits per heavy atom. The van der Waals surface area contributed by atoms with E-state index >= 15 is 0 Å². The van der Waals surface area contributed by atoms with Gasteiger partial charge in [0.05, 0.1) is 4.92 Å². The second-order valence-corrected chi connectivity index (χ2v) is 7.10. The van der Waals surface area contributed by atoms with Crippen LogP contribution in [0.5, 0.6) is 0 Å². The normalized spacial score (nSPS) is 21.5. The number of nitro groups is 1. The van der Waals surface area contributed by atoms with Crippen LogP contribution in [-0.4, -0.2) is 51.7 Å². The van der Waals surface area contributed by atoms with Gasteiger partial charge >= 0.3 is 11.8 Å². The second kappa shape index (κ2) is 6.62. The third-order valence-corrected chi connectivity index (χ3v) is 3.90. The molecule has 0 aliphatic carbocycles. The van der Waals surface area contributed by atoms with E-state index in [1.54, 1.807) is 17.2 Å². The van der Waals surface area contributed by atoms with E-state index in [2.05, 4.69) is 4.98 Å². The summed E-state index contributed by atoms with van der Waals surface area (Å²) in [7, 11) is 0. The van der Waals surface area contributed by atoms with Crippen molar-refractivity contribution in [3.05, 3.63) is 28.6 Å². The fraction of sp³-hybridized carbons (Fsp3) is 0.625. The smallest absolute Gasteiger partial charge is 0.410 e. The first kappa shape index (κ1) is 18.0. The Kier molecular flexibility index (Phi) is 4.96. The van der Waals surface area contributed by atoms with Crippen LogP contribution in [0.1, 0.15) is 34.6 Å². The van der Waals surface area contributed by atoms with Crippen LogP contribution in [-0.2, 0) is 4.74 Å². The molecule has 24 heavy (non-hydrogen) atoms. The molecule has 1 fully saturated rings. The standard InChI is InChI=1S/C16H24N4O4/c1-11-10-19(15(21)24-16(3,4)5)12(2)9-18(11)13-6-7-17-8-14(13)20(22)23/h6-8,11-12H,9-10H2,1-5H3. The monoisotopic (exact) mass is 336 g/mol. The van der Waals surface area contributed by atoms with Crippen molar-refractivity contribution in [3.63, 3.8) is 0 Å². The zero-order valence-corrected chi connectivity index (χ0v) is 14.7. The lowest BCUT2D eigenvalue weighted by molar-refractivity contribution is -0.384. The first-order chi connectivity index (χ1) is 11.1. The third kappa shape index (κ3) is 3.93. The van der Waals surface area contributed by atoms with Gasteiger partial charge in [0.25, 0.3) is 0 Å². The predicted molar refractivity (Wildman–Crippen MR) is 90.1 cm³/mol. The van der Waals surface area contributed by atoms with Crippen molar-refractivity contribution in [1.82, 2.24) is 9.88 Å². The Labute approximate surface area is 141 Å². The van der Waals surface area contributed by atoms with Crippen molar-refractivity contribution in [2.24, 2.45) is 0 Å². The Morgan fingerprint density at radius 2 is 2.00 bits per heavy atom. The number of rotatable bonds is 2. The van der Waals surface area contributed by atoms with E-state index in [4.69, 9.17) is 4.74 Å². The van der Waals surface area contributed by atoms with Crippen LogP contribution in [0.4, 0.5) is 16.2 Å². The highest BCUT2D eigenvalue weighted by Gasteiger charge is 2.36. The average molecular weight is 336 g/mol. The van der Waals surface area contributed by atoms with E-state index in [0.717, 1.165) is 0 Å². The minimum atomic E-state index is -0.555. The molecule has 0 N–H and O–H groups in total. The molecule has 1 aliphatic heterocycles. The summed E-state index contributed by atoms with van der Waals surface area (Å²) in [6.45, 7) is 10.3. The molecule has 2 heterocycles. The van der Waals surface area contributed by atoms with E-state index in [9.17, 15) is 14.9 Å². The summed E-state index contributed by atoms with van der Waals surface area (Å²) < 4.78 is 5.45. The molecule has 0 spiro atoms. The van der Waals surface area contributed by atoms with Crippen LogP contribution >= 0.6 is 0 Å². The summed E-state index contributed by atoms with van der Waals surface area (Å²) in [5, 5.41) is 11.2.